The van der Waals surface area contributed by atoms with Gasteiger partial charge in [0.2, 0.25) is 5.91 Å². The molecule has 0 radical (unpaired) electrons. The van der Waals surface area contributed by atoms with E-state index in [4.69, 9.17) is 0 Å². The standard InChI is InChI=1S/C6H9NO3S/c1-4(8)7-3-11-2-5(7)6(9)10/h5H,2-3H2,1H3,(H,9,10)/p-1/t5-/m1/s1. The lowest BCUT2D eigenvalue weighted by molar-refractivity contribution is -0.310. The van der Waals surface area contributed by atoms with Crippen LogP contribution in [0.2, 0.25) is 0 Å². The molecule has 1 aliphatic rings. The van der Waals surface area contributed by atoms with Gasteiger partial charge in [-0.25, -0.2) is 0 Å². The molecule has 11 heavy (non-hydrogen) atoms. The Kier molecular flexibility index (Phi) is 2.38. The largest absolute Gasteiger partial charge is 0.548 e. The minimum atomic E-state index is -1.16. The van der Waals surface area contributed by atoms with Crippen molar-refractivity contribution < 1.29 is 14.7 Å². The third kappa shape index (κ3) is 1.65. The summed E-state index contributed by atoms with van der Waals surface area (Å²) in [7, 11) is 0. The van der Waals surface area contributed by atoms with Crippen molar-refractivity contribution in [2.24, 2.45) is 0 Å². The van der Waals surface area contributed by atoms with E-state index in [1.807, 2.05) is 0 Å². The average molecular weight is 174 g/mol. The van der Waals surface area contributed by atoms with E-state index < -0.39 is 12.0 Å². The molecular weight excluding hydrogens is 166 g/mol. The Hall–Kier alpha value is -0.710. The zero-order chi connectivity index (χ0) is 8.43. The highest BCUT2D eigenvalue weighted by Crippen LogP contribution is 2.19. The van der Waals surface area contributed by atoms with E-state index in [2.05, 4.69) is 0 Å². The molecule has 0 unspecified atom stereocenters. The molecule has 1 rings (SSSR count). The van der Waals surface area contributed by atoms with E-state index >= 15 is 0 Å². The van der Waals surface area contributed by atoms with Crippen molar-refractivity contribution in [2.45, 2.75) is 13.0 Å². The molecular formula is C6H8NO3S-. The van der Waals surface area contributed by atoms with Gasteiger partial charge in [0.05, 0.1) is 17.9 Å². The lowest BCUT2D eigenvalue weighted by atomic mass is 10.3. The molecule has 0 aromatic carbocycles. The van der Waals surface area contributed by atoms with Crippen LogP contribution in [0.1, 0.15) is 6.92 Å². The summed E-state index contributed by atoms with van der Waals surface area (Å²) in [4.78, 5) is 22.5. The van der Waals surface area contributed by atoms with Crippen molar-refractivity contribution >= 4 is 23.6 Å². The lowest BCUT2D eigenvalue weighted by Crippen LogP contribution is -2.47. The average Bonchev–Trinajstić information content (AvgIpc) is 2.32. The first kappa shape index (κ1) is 8.39. The molecule has 0 N–H and O–H groups in total. The first-order valence-electron chi connectivity index (χ1n) is 3.18. The van der Waals surface area contributed by atoms with Gasteiger partial charge in [-0.3, -0.25) is 4.79 Å². The van der Waals surface area contributed by atoms with Crippen LogP contribution < -0.4 is 5.11 Å². The summed E-state index contributed by atoms with van der Waals surface area (Å²) in [5.41, 5.74) is 0. The van der Waals surface area contributed by atoms with Gasteiger partial charge in [-0.2, -0.15) is 0 Å². The highest BCUT2D eigenvalue weighted by molar-refractivity contribution is 7.99. The number of thioether (sulfide) groups is 1. The van der Waals surface area contributed by atoms with Gasteiger partial charge < -0.3 is 14.8 Å². The van der Waals surface area contributed by atoms with E-state index in [0.717, 1.165) is 0 Å². The molecule has 0 aromatic heterocycles. The minimum absolute atomic E-state index is 0.204. The van der Waals surface area contributed by atoms with E-state index in [9.17, 15) is 14.7 Å². The van der Waals surface area contributed by atoms with Crippen LogP contribution in [-0.2, 0) is 9.59 Å². The summed E-state index contributed by atoms with van der Waals surface area (Å²) < 4.78 is 0. The fourth-order valence-electron chi connectivity index (χ4n) is 0.948. The SMILES string of the molecule is CC(=O)N1CSC[C@@H]1C(=O)[O-]. The Balaban J connectivity index is 2.65. The number of carbonyl (C=O) groups is 2. The van der Waals surface area contributed by atoms with Crippen LogP contribution in [0.3, 0.4) is 0 Å². The molecule has 0 saturated carbocycles. The predicted molar refractivity (Wildman–Crippen MR) is 38.6 cm³/mol. The molecule has 1 aliphatic heterocycles. The number of hydrogen-bond acceptors (Lipinski definition) is 4. The number of rotatable bonds is 1. The summed E-state index contributed by atoms with van der Waals surface area (Å²) in [6, 6.07) is -0.725. The van der Waals surface area contributed by atoms with Crippen molar-refractivity contribution in [3.8, 4) is 0 Å². The number of amides is 1. The van der Waals surface area contributed by atoms with Gasteiger partial charge in [-0.15, -0.1) is 11.8 Å². The van der Waals surface area contributed by atoms with Crippen LogP contribution in [-0.4, -0.2) is 34.4 Å². The molecule has 1 saturated heterocycles. The summed E-state index contributed by atoms with van der Waals surface area (Å²) in [5.74, 6) is -0.454. The molecule has 5 heteroatoms. The Labute approximate surface area is 68.6 Å². The molecule has 0 aliphatic carbocycles. The molecule has 4 nitrogen and oxygen atoms in total. The number of nitrogens with zero attached hydrogens (tertiary/aromatic N) is 1. The maximum Gasteiger partial charge on any atom is 0.220 e. The first-order chi connectivity index (χ1) is 5.13. The van der Waals surface area contributed by atoms with Crippen molar-refractivity contribution in [2.75, 3.05) is 11.6 Å². The monoisotopic (exact) mass is 174 g/mol. The van der Waals surface area contributed by atoms with E-state index in [0.29, 0.717) is 11.6 Å². The van der Waals surface area contributed by atoms with E-state index in [-0.39, 0.29) is 5.91 Å². The molecule has 0 spiro atoms. The fourth-order valence-corrected chi connectivity index (χ4v) is 2.15. The molecule has 0 aromatic rings. The second kappa shape index (κ2) is 3.13. The van der Waals surface area contributed by atoms with Crippen molar-refractivity contribution in [1.82, 2.24) is 4.90 Å². The second-order valence-corrected chi connectivity index (χ2v) is 3.32. The zero-order valence-corrected chi connectivity index (χ0v) is 6.89. The Morgan fingerprint density at radius 1 is 1.64 bits per heavy atom. The summed E-state index contributed by atoms with van der Waals surface area (Å²) in [5, 5.41) is 10.4. The molecule has 1 amide bonds. The van der Waals surface area contributed by atoms with Crippen molar-refractivity contribution in [3.63, 3.8) is 0 Å². The van der Waals surface area contributed by atoms with Crippen LogP contribution in [0.5, 0.6) is 0 Å². The number of carboxylic acids is 1. The van der Waals surface area contributed by atoms with Gasteiger partial charge in [-0.05, 0) is 0 Å². The molecule has 0 bridgehead atoms. The van der Waals surface area contributed by atoms with Gasteiger partial charge >= 0.3 is 0 Å². The highest BCUT2D eigenvalue weighted by atomic mass is 32.2. The third-order valence-corrected chi connectivity index (χ3v) is 2.57. The van der Waals surface area contributed by atoms with Crippen LogP contribution in [0.25, 0.3) is 0 Å². The highest BCUT2D eigenvalue weighted by Gasteiger charge is 2.27. The summed E-state index contributed by atoms with van der Waals surface area (Å²) >= 11 is 1.43. The molecule has 62 valence electrons. The normalized spacial score (nSPS) is 23.7. The van der Waals surface area contributed by atoms with Gasteiger partial charge in [0.25, 0.3) is 0 Å². The lowest BCUT2D eigenvalue weighted by Gasteiger charge is -2.22. The van der Waals surface area contributed by atoms with Gasteiger partial charge in [0.15, 0.2) is 0 Å². The van der Waals surface area contributed by atoms with Gasteiger partial charge in [-0.1, -0.05) is 0 Å². The van der Waals surface area contributed by atoms with Crippen LogP contribution >= 0.6 is 11.8 Å². The van der Waals surface area contributed by atoms with Crippen LogP contribution in [0.4, 0.5) is 0 Å². The van der Waals surface area contributed by atoms with E-state index in [1.54, 1.807) is 0 Å². The predicted octanol–water partition coefficient (Wildman–Crippen LogP) is -1.34. The Bertz CT molecular complexity index is 174. The minimum Gasteiger partial charge on any atom is -0.548 e. The van der Waals surface area contributed by atoms with Crippen molar-refractivity contribution in [3.05, 3.63) is 0 Å². The second-order valence-electron chi connectivity index (χ2n) is 2.32. The van der Waals surface area contributed by atoms with Crippen LogP contribution in [0.15, 0.2) is 0 Å². The molecule has 1 fully saturated rings. The number of carboxylic acid groups (broad SMARTS) is 1. The Morgan fingerprint density at radius 3 is 2.64 bits per heavy atom. The van der Waals surface area contributed by atoms with Gasteiger partial charge in [0, 0.05) is 12.7 Å². The number of carbonyl (C=O) groups excluding carboxylic acids is 2. The summed E-state index contributed by atoms with van der Waals surface area (Å²) in [6.45, 7) is 1.36. The third-order valence-electron chi connectivity index (χ3n) is 1.56. The smallest absolute Gasteiger partial charge is 0.220 e. The zero-order valence-electron chi connectivity index (χ0n) is 6.07. The fraction of sp³-hybridized carbons (Fsp3) is 0.667. The quantitative estimate of drug-likeness (QED) is 0.493. The maximum atomic E-state index is 10.8. The topological polar surface area (TPSA) is 60.4 Å². The Morgan fingerprint density at radius 2 is 2.27 bits per heavy atom. The molecule has 1 heterocycles. The number of aliphatic carboxylic acids is 1. The van der Waals surface area contributed by atoms with Crippen molar-refractivity contribution in [1.29, 1.82) is 0 Å². The maximum absolute atomic E-state index is 10.8. The first-order valence-corrected chi connectivity index (χ1v) is 4.34. The molecule has 1 atom stereocenters. The van der Waals surface area contributed by atoms with Crippen LogP contribution in [0, 0.1) is 0 Å². The summed E-state index contributed by atoms with van der Waals surface area (Å²) in [6.07, 6.45) is 0. The van der Waals surface area contributed by atoms with Gasteiger partial charge in [0.1, 0.15) is 0 Å². The van der Waals surface area contributed by atoms with E-state index in [1.165, 1.54) is 23.6 Å². The number of hydrogen-bond donors (Lipinski definition) is 0.